The van der Waals surface area contributed by atoms with Gasteiger partial charge in [-0.25, -0.2) is 4.39 Å². The zero-order chi connectivity index (χ0) is 5.98. The highest BCUT2D eigenvalue weighted by Crippen LogP contribution is 2.15. The topological polar surface area (TPSA) is 12.0 Å². The Kier molecular flexibility index (Phi) is 1.84. The van der Waals surface area contributed by atoms with Crippen molar-refractivity contribution in [2.75, 3.05) is 6.54 Å². The van der Waals surface area contributed by atoms with E-state index in [9.17, 15) is 4.39 Å². The molecule has 1 rings (SSSR count). The summed E-state index contributed by atoms with van der Waals surface area (Å²) < 4.78 is 12.5. The van der Waals surface area contributed by atoms with Crippen LogP contribution in [0.25, 0.3) is 0 Å². The molecule has 2 unspecified atom stereocenters. The van der Waals surface area contributed by atoms with E-state index < -0.39 is 6.30 Å². The molecule has 2 atom stereocenters. The molecule has 0 aromatic heterocycles. The third-order valence-electron chi connectivity index (χ3n) is 1.68. The number of alkyl halides is 1. The van der Waals surface area contributed by atoms with E-state index in [4.69, 9.17) is 0 Å². The predicted octanol–water partition coefficient (Wildman–Crippen LogP) is 1.30. The van der Waals surface area contributed by atoms with E-state index in [1.54, 1.807) is 0 Å². The third kappa shape index (κ3) is 1.19. The summed E-state index contributed by atoms with van der Waals surface area (Å²) in [5.41, 5.74) is 0. The maximum atomic E-state index is 12.5. The zero-order valence-electron chi connectivity index (χ0n) is 5.15. The molecule has 1 heterocycles. The van der Waals surface area contributed by atoms with Crippen molar-refractivity contribution in [3.8, 4) is 0 Å². The van der Waals surface area contributed by atoms with Gasteiger partial charge in [0.2, 0.25) is 0 Å². The molecule has 8 heavy (non-hydrogen) atoms. The minimum absolute atomic E-state index is 0.226. The van der Waals surface area contributed by atoms with Crippen LogP contribution in [0.5, 0.6) is 0 Å². The summed E-state index contributed by atoms with van der Waals surface area (Å²) in [6, 6.07) is 0. The van der Waals surface area contributed by atoms with Crippen molar-refractivity contribution in [1.29, 1.82) is 0 Å². The van der Waals surface area contributed by atoms with Crippen LogP contribution < -0.4 is 5.32 Å². The van der Waals surface area contributed by atoms with Crippen molar-refractivity contribution in [3.63, 3.8) is 0 Å². The fourth-order valence-electron chi connectivity index (χ4n) is 1.01. The number of piperidine rings is 1. The first kappa shape index (κ1) is 6.02. The molecule has 0 radical (unpaired) electrons. The van der Waals surface area contributed by atoms with E-state index >= 15 is 0 Å². The minimum atomic E-state index is -0.747. The van der Waals surface area contributed by atoms with Crippen molar-refractivity contribution in [1.82, 2.24) is 5.32 Å². The van der Waals surface area contributed by atoms with E-state index in [1.807, 2.05) is 6.92 Å². The molecule has 1 aliphatic heterocycles. The summed E-state index contributed by atoms with van der Waals surface area (Å²) in [5.74, 6) is 0.226. The Bertz CT molecular complexity index is 64.9. The lowest BCUT2D eigenvalue weighted by atomic mass is 10.0. The molecule has 2 heteroatoms. The van der Waals surface area contributed by atoms with Gasteiger partial charge in [-0.15, -0.1) is 0 Å². The van der Waals surface area contributed by atoms with Gasteiger partial charge in [-0.3, -0.25) is 5.32 Å². The SMILES string of the molecule is CC1CCCNC1F. The first-order valence-electron chi connectivity index (χ1n) is 3.18. The standard InChI is InChI=1S/C6H12FN/c1-5-3-2-4-8-6(5)7/h5-6,8H,2-4H2,1H3. The molecule has 0 aromatic rings. The highest BCUT2D eigenvalue weighted by molar-refractivity contribution is 4.68. The Morgan fingerprint density at radius 1 is 1.62 bits per heavy atom. The Morgan fingerprint density at radius 3 is 2.75 bits per heavy atom. The van der Waals surface area contributed by atoms with E-state index in [0.717, 1.165) is 19.4 Å². The van der Waals surface area contributed by atoms with Gasteiger partial charge >= 0.3 is 0 Å². The first-order valence-corrected chi connectivity index (χ1v) is 3.18. The predicted molar refractivity (Wildman–Crippen MR) is 31.3 cm³/mol. The van der Waals surface area contributed by atoms with Gasteiger partial charge in [0.05, 0.1) is 0 Å². The minimum Gasteiger partial charge on any atom is -0.288 e. The smallest absolute Gasteiger partial charge is 0.153 e. The van der Waals surface area contributed by atoms with E-state index in [1.165, 1.54) is 0 Å². The lowest BCUT2D eigenvalue weighted by Crippen LogP contribution is -2.36. The highest BCUT2D eigenvalue weighted by atomic mass is 19.1. The van der Waals surface area contributed by atoms with E-state index in [0.29, 0.717) is 0 Å². The number of nitrogens with one attached hydrogen (secondary N) is 1. The summed E-state index contributed by atoms with van der Waals surface area (Å²) in [5, 5.41) is 2.77. The van der Waals surface area contributed by atoms with Gasteiger partial charge in [-0.1, -0.05) is 6.92 Å². The molecule has 0 amide bonds. The Hall–Kier alpha value is -0.110. The fraction of sp³-hybridized carbons (Fsp3) is 1.00. The van der Waals surface area contributed by atoms with Crippen LogP contribution in [0.2, 0.25) is 0 Å². The van der Waals surface area contributed by atoms with Crippen LogP contribution in [-0.2, 0) is 0 Å². The van der Waals surface area contributed by atoms with Gasteiger partial charge in [0.15, 0.2) is 6.30 Å². The lowest BCUT2D eigenvalue weighted by molar-refractivity contribution is 0.155. The summed E-state index contributed by atoms with van der Waals surface area (Å²) >= 11 is 0. The average Bonchev–Trinajstić information content (AvgIpc) is 1.77. The van der Waals surface area contributed by atoms with Crippen LogP contribution in [0.15, 0.2) is 0 Å². The quantitative estimate of drug-likeness (QED) is 0.471. The monoisotopic (exact) mass is 117 g/mol. The molecule has 48 valence electrons. The second kappa shape index (κ2) is 2.44. The van der Waals surface area contributed by atoms with Gasteiger partial charge in [-0.2, -0.15) is 0 Å². The van der Waals surface area contributed by atoms with Gasteiger partial charge < -0.3 is 0 Å². The van der Waals surface area contributed by atoms with Gasteiger partial charge in [0, 0.05) is 5.92 Å². The molecule has 1 fully saturated rings. The van der Waals surface area contributed by atoms with Crippen molar-refractivity contribution in [2.45, 2.75) is 26.1 Å². The van der Waals surface area contributed by atoms with Crippen LogP contribution in [-0.4, -0.2) is 12.8 Å². The van der Waals surface area contributed by atoms with Crippen LogP contribution in [0.4, 0.5) is 4.39 Å². The van der Waals surface area contributed by atoms with Gasteiger partial charge in [0.1, 0.15) is 0 Å². The zero-order valence-corrected chi connectivity index (χ0v) is 5.15. The molecule has 1 N–H and O–H groups in total. The van der Waals surface area contributed by atoms with Crippen LogP contribution in [0.3, 0.4) is 0 Å². The maximum Gasteiger partial charge on any atom is 0.153 e. The van der Waals surface area contributed by atoms with Crippen molar-refractivity contribution < 1.29 is 4.39 Å². The molecule has 0 spiro atoms. The average molecular weight is 117 g/mol. The number of hydrogen-bond donors (Lipinski definition) is 1. The molecular formula is C6H12FN. The molecule has 0 aliphatic carbocycles. The number of rotatable bonds is 0. The molecular weight excluding hydrogens is 105 g/mol. The fourth-order valence-corrected chi connectivity index (χ4v) is 1.01. The third-order valence-corrected chi connectivity index (χ3v) is 1.68. The highest BCUT2D eigenvalue weighted by Gasteiger charge is 2.18. The second-order valence-corrected chi connectivity index (χ2v) is 2.48. The Morgan fingerprint density at radius 2 is 2.38 bits per heavy atom. The summed E-state index contributed by atoms with van der Waals surface area (Å²) in [6.45, 7) is 2.79. The number of halogens is 1. The molecule has 0 bridgehead atoms. The normalized spacial score (nSPS) is 39.8. The second-order valence-electron chi connectivity index (χ2n) is 2.48. The van der Waals surface area contributed by atoms with Gasteiger partial charge in [-0.05, 0) is 19.4 Å². The van der Waals surface area contributed by atoms with E-state index in [2.05, 4.69) is 5.32 Å². The summed E-state index contributed by atoms with van der Waals surface area (Å²) in [7, 11) is 0. The van der Waals surface area contributed by atoms with Crippen LogP contribution >= 0.6 is 0 Å². The molecule has 1 nitrogen and oxygen atoms in total. The number of hydrogen-bond acceptors (Lipinski definition) is 1. The molecule has 1 aliphatic rings. The first-order chi connectivity index (χ1) is 3.80. The lowest BCUT2D eigenvalue weighted by Gasteiger charge is -2.22. The Labute approximate surface area is 49.3 Å². The van der Waals surface area contributed by atoms with Crippen molar-refractivity contribution >= 4 is 0 Å². The van der Waals surface area contributed by atoms with Crippen LogP contribution in [0.1, 0.15) is 19.8 Å². The summed E-state index contributed by atoms with van der Waals surface area (Å²) in [6.07, 6.45) is 1.42. The van der Waals surface area contributed by atoms with Crippen molar-refractivity contribution in [2.24, 2.45) is 5.92 Å². The largest absolute Gasteiger partial charge is 0.288 e. The van der Waals surface area contributed by atoms with Gasteiger partial charge in [0.25, 0.3) is 0 Å². The Balaban J connectivity index is 2.28. The van der Waals surface area contributed by atoms with Crippen molar-refractivity contribution in [3.05, 3.63) is 0 Å². The molecule has 0 aromatic carbocycles. The van der Waals surface area contributed by atoms with E-state index in [-0.39, 0.29) is 5.92 Å². The molecule has 0 saturated carbocycles. The summed E-state index contributed by atoms with van der Waals surface area (Å²) in [4.78, 5) is 0. The molecule has 1 saturated heterocycles. The van der Waals surface area contributed by atoms with Crippen LogP contribution in [0, 0.1) is 5.92 Å². The maximum absolute atomic E-state index is 12.5.